The van der Waals surface area contributed by atoms with Gasteiger partial charge in [-0.15, -0.1) is 0 Å². The quantitative estimate of drug-likeness (QED) is 0.195. The van der Waals surface area contributed by atoms with Crippen LogP contribution in [0.3, 0.4) is 0 Å². The van der Waals surface area contributed by atoms with E-state index >= 15 is 0 Å². The standard InChI is InChI=1S/C34H41Cl2N3O5S/c1-3-44-28-20-18-27(19-21-28)39(45(2,42)43)22-10-17-33(40)38(24-29-30(35)15-9-16-31(29)36)32(23-25-11-5-4-6-12-25)34(41)37-26-13-7-8-14-26/h4-6,9,11-12,15-16,18-21,26,32H,3,7-8,10,13-14,17,22-24H2,1-2H3,(H,37,41)/t32-/m0/s1. The predicted octanol–water partition coefficient (Wildman–Crippen LogP) is 6.64. The Labute approximate surface area is 276 Å². The molecule has 1 fully saturated rings. The maximum absolute atomic E-state index is 14.1. The fourth-order valence-electron chi connectivity index (χ4n) is 5.65. The lowest BCUT2D eigenvalue weighted by molar-refractivity contribution is -0.141. The van der Waals surface area contributed by atoms with E-state index in [1.54, 1.807) is 47.4 Å². The van der Waals surface area contributed by atoms with E-state index in [4.69, 9.17) is 27.9 Å². The molecule has 242 valence electrons. The minimum absolute atomic E-state index is 0.00706. The van der Waals surface area contributed by atoms with E-state index in [9.17, 15) is 18.0 Å². The van der Waals surface area contributed by atoms with Crippen molar-refractivity contribution in [3.05, 3.63) is 94.0 Å². The summed E-state index contributed by atoms with van der Waals surface area (Å²) >= 11 is 13.1. The van der Waals surface area contributed by atoms with Crippen LogP contribution in [0.5, 0.6) is 5.75 Å². The van der Waals surface area contributed by atoms with Gasteiger partial charge in [-0.25, -0.2) is 8.42 Å². The average Bonchev–Trinajstić information content (AvgIpc) is 3.52. The smallest absolute Gasteiger partial charge is 0.243 e. The van der Waals surface area contributed by atoms with Gasteiger partial charge in [0, 0.05) is 47.6 Å². The SMILES string of the molecule is CCOc1ccc(N(CCCC(=O)N(Cc2c(Cl)cccc2Cl)[C@@H](Cc2ccccc2)C(=O)NC2CCCC2)S(C)(=O)=O)cc1. The van der Waals surface area contributed by atoms with Crippen LogP contribution in [0.4, 0.5) is 5.69 Å². The van der Waals surface area contributed by atoms with Crippen LogP contribution >= 0.6 is 23.2 Å². The number of ether oxygens (including phenoxy) is 1. The molecule has 1 saturated carbocycles. The van der Waals surface area contributed by atoms with Crippen molar-refractivity contribution in [2.75, 3.05) is 23.7 Å². The number of nitrogens with one attached hydrogen (secondary N) is 1. The number of amides is 2. The number of sulfonamides is 1. The van der Waals surface area contributed by atoms with Crippen LogP contribution in [0, 0.1) is 0 Å². The number of hydrogen-bond donors (Lipinski definition) is 1. The third kappa shape index (κ3) is 9.86. The van der Waals surface area contributed by atoms with Crippen LogP contribution in [-0.4, -0.2) is 56.6 Å². The van der Waals surface area contributed by atoms with Crippen LogP contribution in [0.2, 0.25) is 10.0 Å². The molecule has 0 heterocycles. The van der Waals surface area contributed by atoms with Gasteiger partial charge in [-0.05, 0) is 68.1 Å². The van der Waals surface area contributed by atoms with E-state index in [0.717, 1.165) is 37.5 Å². The lowest BCUT2D eigenvalue weighted by Crippen LogP contribution is -2.52. The highest BCUT2D eigenvalue weighted by atomic mass is 35.5. The van der Waals surface area contributed by atoms with Crippen molar-refractivity contribution in [1.29, 1.82) is 0 Å². The maximum Gasteiger partial charge on any atom is 0.243 e. The second kappa shape index (κ2) is 16.3. The van der Waals surface area contributed by atoms with Crippen molar-refractivity contribution >= 4 is 50.7 Å². The summed E-state index contributed by atoms with van der Waals surface area (Å²) in [6.45, 7) is 2.48. The zero-order valence-corrected chi connectivity index (χ0v) is 28.1. The average molecular weight is 675 g/mol. The number of anilines is 1. The molecule has 0 saturated heterocycles. The second-order valence-corrected chi connectivity index (χ2v) is 14.0. The molecule has 8 nitrogen and oxygen atoms in total. The van der Waals surface area contributed by atoms with Gasteiger partial charge in [0.1, 0.15) is 11.8 Å². The number of nitrogens with zero attached hydrogens (tertiary/aromatic N) is 2. The highest BCUT2D eigenvalue weighted by Crippen LogP contribution is 2.29. The van der Waals surface area contributed by atoms with Gasteiger partial charge in [-0.2, -0.15) is 0 Å². The molecule has 0 spiro atoms. The summed E-state index contributed by atoms with van der Waals surface area (Å²) in [5.41, 5.74) is 1.94. The van der Waals surface area contributed by atoms with Crippen molar-refractivity contribution < 1.29 is 22.7 Å². The van der Waals surface area contributed by atoms with E-state index in [1.165, 1.54) is 4.31 Å². The summed E-state index contributed by atoms with van der Waals surface area (Å²) in [6.07, 6.45) is 5.59. The minimum Gasteiger partial charge on any atom is -0.494 e. The Hall–Kier alpha value is -3.27. The normalized spacial score (nSPS) is 14.1. The van der Waals surface area contributed by atoms with Gasteiger partial charge < -0.3 is 15.0 Å². The van der Waals surface area contributed by atoms with Crippen LogP contribution in [0.1, 0.15) is 56.6 Å². The third-order valence-corrected chi connectivity index (χ3v) is 9.85. The number of carbonyl (C=O) groups excluding carboxylic acids is 2. The number of carbonyl (C=O) groups is 2. The third-order valence-electron chi connectivity index (χ3n) is 7.95. The summed E-state index contributed by atoms with van der Waals surface area (Å²) in [5, 5.41) is 3.98. The van der Waals surface area contributed by atoms with Gasteiger partial charge >= 0.3 is 0 Å². The Kier molecular flexibility index (Phi) is 12.6. The minimum atomic E-state index is -3.64. The summed E-state index contributed by atoms with van der Waals surface area (Å²) in [6, 6.07) is 20.7. The lowest BCUT2D eigenvalue weighted by Gasteiger charge is -2.33. The van der Waals surface area contributed by atoms with Gasteiger partial charge in [0.05, 0.1) is 18.6 Å². The maximum atomic E-state index is 14.1. The molecular formula is C34H41Cl2N3O5S. The molecule has 2 amide bonds. The van der Waals surface area contributed by atoms with Crippen LogP contribution in [0.15, 0.2) is 72.8 Å². The summed E-state index contributed by atoms with van der Waals surface area (Å²) < 4.78 is 32.3. The molecule has 1 N–H and O–H groups in total. The largest absolute Gasteiger partial charge is 0.494 e. The molecule has 0 radical (unpaired) electrons. The molecule has 0 unspecified atom stereocenters. The van der Waals surface area contributed by atoms with E-state index in [0.29, 0.717) is 40.1 Å². The molecule has 11 heteroatoms. The molecule has 0 aliphatic heterocycles. The van der Waals surface area contributed by atoms with Crippen LogP contribution in [0.25, 0.3) is 0 Å². The molecule has 0 bridgehead atoms. The second-order valence-electron chi connectivity index (χ2n) is 11.3. The van der Waals surface area contributed by atoms with Gasteiger partial charge in [0.2, 0.25) is 21.8 Å². The monoisotopic (exact) mass is 673 g/mol. The van der Waals surface area contributed by atoms with E-state index in [2.05, 4.69) is 5.32 Å². The molecular weight excluding hydrogens is 633 g/mol. The Morgan fingerprint density at radius 1 is 0.956 bits per heavy atom. The zero-order chi connectivity index (χ0) is 32.4. The summed E-state index contributed by atoms with van der Waals surface area (Å²) in [5.74, 6) is 0.113. The molecule has 45 heavy (non-hydrogen) atoms. The van der Waals surface area contributed by atoms with Gasteiger partial charge in [-0.3, -0.25) is 13.9 Å². The lowest BCUT2D eigenvalue weighted by atomic mass is 10.0. The summed E-state index contributed by atoms with van der Waals surface area (Å²) in [4.78, 5) is 29.6. The van der Waals surface area contributed by atoms with E-state index in [-0.39, 0.29) is 43.8 Å². The van der Waals surface area contributed by atoms with Crippen LogP contribution in [-0.2, 0) is 32.6 Å². The van der Waals surface area contributed by atoms with Gasteiger partial charge in [-0.1, -0.05) is 72.4 Å². The highest BCUT2D eigenvalue weighted by molar-refractivity contribution is 7.92. The first-order valence-corrected chi connectivity index (χ1v) is 17.9. The van der Waals surface area contributed by atoms with Crippen LogP contribution < -0.4 is 14.4 Å². The van der Waals surface area contributed by atoms with Crippen molar-refractivity contribution in [1.82, 2.24) is 10.2 Å². The van der Waals surface area contributed by atoms with Crippen molar-refractivity contribution in [3.63, 3.8) is 0 Å². The summed E-state index contributed by atoms with van der Waals surface area (Å²) in [7, 11) is -3.64. The van der Waals surface area contributed by atoms with Gasteiger partial charge in [0.25, 0.3) is 0 Å². The fraction of sp³-hybridized carbons (Fsp3) is 0.412. The Morgan fingerprint density at radius 2 is 1.60 bits per heavy atom. The molecule has 0 aromatic heterocycles. The number of benzene rings is 3. The van der Waals surface area contributed by atoms with Crippen molar-refractivity contribution in [3.8, 4) is 5.75 Å². The highest BCUT2D eigenvalue weighted by Gasteiger charge is 2.33. The molecule has 1 atom stereocenters. The van der Waals surface area contributed by atoms with Crippen molar-refractivity contribution in [2.45, 2.75) is 70.5 Å². The fourth-order valence-corrected chi connectivity index (χ4v) is 7.14. The predicted molar refractivity (Wildman–Crippen MR) is 180 cm³/mol. The Balaban J connectivity index is 1.60. The molecule has 1 aliphatic rings. The number of halogens is 2. The molecule has 3 aromatic carbocycles. The Morgan fingerprint density at radius 3 is 2.20 bits per heavy atom. The first-order chi connectivity index (χ1) is 21.6. The first-order valence-electron chi connectivity index (χ1n) is 15.3. The number of hydrogen-bond acceptors (Lipinski definition) is 5. The molecule has 3 aromatic rings. The van der Waals surface area contributed by atoms with Gasteiger partial charge in [0.15, 0.2) is 0 Å². The number of rotatable bonds is 15. The van der Waals surface area contributed by atoms with E-state index < -0.39 is 16.1 Å². The topological polar surface area (TPSA) is 96.0 Å². The Bertz CT molecular complexity index is 1510. The van der Waals surface area contributed by atoms with Crippen molar-refractivity contribution in [2.24, 2.45) is 0 Å². The zero-order valence-electron chi connectivity index (χ0n) is 25.8. The molecule has 1 aliphatic carbocycles. The molecule has 4 rings (SSSR count). The van der Waals surface area contributed by atoms with E-state index in [1.807, 2.05) is 37.3 Å². The first kappa shape index (κ1) is 34.6.